The molecule has 0 saturated carbocycles. The van der Waals surface area contributed by atoms with Crippen molar-refractivity contribution in [2.24, 2.45) is 0 Å². The van der Waals surface area contributed by atoms with E-state index in [0.717, 1.165) is 33.9 Å². The Labute approximate surface area is 115 Å². The van der Waals surface area contributed by atoms with Gasteiger partial charge in [0.25, 0.3) is 0 Å². The van der Waals surface area contributed by atoms with Gasteiger partial charge in [-0.05, 0) is 24.4 Å². The molecule has 0 unspecified atom stereocenters. The Kier molecular flexibility index (Phi) is 4.31. The van der Waals surface area contributed by atoms with Crippen LogP contribution in [0.4, 0.5) is 0 Å². The molecule has 1 aromatic carbocycles. The summed E-state index contributed by atoms with van der Waals surface area (Å²) in [5.41, 5.74) is 1.99. The zero-order chi connectivity index (χ0) is 12.3. The van der Waals surface area contributed by atoms with Gasteiger partial charge >= 0.3 is 0 Å². The number of aromatic amines is 1. The summed E-state index contributed by atoms with van der Waals surface area (Å²) in [5, 5.41) is 0.714. The summed E-state index contributed by atoms with van der Waals surface area (Å²) in [6.07, 6.45) is 1.91. The number of imidazole rings is 1. The van der Waals surface area contributed by atoms with Crippen molar-refractivity contribution < 1.29 is 0 Å². The lowest BCUT2D eigenvalue weighted by Gasteiger charge is -2.03. The highest BCUT2D eigenvalue weighted by atomic mass is 35.5. The number of rotatable bonds is 5. The van der Waals surface area contributed by atoms with Crippen LogP contribution in [-0.2, 0) is 6.54 Å². The second-order valence-electron chi connectivity index (χ2n) is 3.58. The van der Waals surface area contributed by atoms with Crippen LogP contribution in [-0.4, -0.2) is 21.1 Å². The van der Waals surface area contributed by atoms with E-state index in [9.17, 15) is 0 Å². The van der Waals surface area contributed by atoms with Gasteiger partial charge in [-0.2, -0.15) is 11.8 Å². The molecule has 0 aliphatic heterocycles. The van der Waals surface area contributed by atoms with Crippen LogP contribution in [0.1, 0.15) is 0 Å². The fraction of sp³-hybridized carbons (Fsp3) is 0.250. The summed E-state index contributed by atoms with van der Waals surface area (Å²) in [5.74, 6) is 1.98. The Hall–Kier alpha value is -0.710. The normalized spacial score (nSPS) is 10.9. The lowest BCUT2D eigenvalue weighted by Crippen LogP contribution is -2.00. The Morgan fingerprint density at radius 3 is 3.12 bits per heavy atom. The first-order chi connectivity index (χ1) is 8.24. The number of hydrogen-bond donors (Lipinski definition) is 1. The molecule has 0 radical (unpaired) electrons. The minimum atomic E-state index is 0.714. The second-order valence-corrected chi connectivity index (χ2v) is 5.52. The number of H-pyrrole nitrogens is 1. The molecule has 0 saturated heterocycles. The zero-order valence-electron chi connectivity index (χ0n) is 9.28. The quantitative estimate of drug-likeness (QED) is 0.503. The number of para-hydroxylation sites is 1. The standard InChI is InChI=1S/C12H13ClN2S2/c1-2-7-17-8-6-15-10-5-3-4-9(13)11(10)14-12(15)16/h2-5H,1,6-8H2,(H,14,16). The molecule has 2 aromatic rings. The van der Waals surface area contributed by atoms with Crippen molar-refractivity contribution in [1.29, 1.82) is 0 Å². The van der Waals surface area contributed by atoms with Gasteiger partial charge in [-0.3, -0.25) is 0 Å². The predicted octanol–water partition coefficient (Wildman–Crippen LogP) is 4.27. The molecule has 2 nitrogen and oxygen atoms in total. The van der Waals surface area contributed by atoms with Crippen molar-refractivity contribution >= 4 is 46.6 Å². The van der Waals surface area contributed by atoms with Crippen molar-refractivity contribution in [3.8, 4) is 0 Å². The number of fused-ring (bicyclic) bond motifs is 1. The van der Waals surface area contributed by atoms with Gasteiger partial charge in [0.2, 0.25) is 0 Å². The van der Waals surface area contributed by atoms with E-state index in [4.69, 9.17) is 23.8 Å². The Bertz CT molecular complexity index is 586. The molecule has 1 aromatic heterocycles. The number of aryl methyl sites for hydroxylation is 1. The van der Waals surface area contributed by atoms with Crippen LogP contribution in [0, 0.1) is 4.77 Å². The van der Waals surface area contributed by atoms with Crippen LogP contribution in [0.2, 0.25) is 5.02 Å². The van der Waals surface area contributed by atoms with E-state index in [0.29, 0.717) is 5.02 Å². The largest absolute Gasteiger partial charge is 0.329 e. The van der Waals surface area contributed by atoms with Gasteiger partial charge in [0.15, 0.2) is 4.77 Å². The molecule has 0 fully saturated rings. The Morgan fingerprint density at radius 1 is 1.53 bits per heavy atom. The highest BCUT2D eigenvalue weighted by Crippen LogP contribution is 2.22. The molecule has 5 heteroatoms. The third-order valence-electron chi connectivity index (χ3n) is 2.45. The molecule has 90 valence electrons. The average Bonchev–Trinajstić information content (AvgIpc) is 2.63. The maximum absolute atomic E-state index is 6.12. The van der Waals surface area contributed by atoms with E-state index in [1.165, 1.54) is 0 Å². The first kappa shape index (κ1) is 12.7. The summed E-state index contributed by atoms with van der Waals surface area (Å²) in [7, 11) is 0. The molecular weight excluding hydrogens is 272 g/mol. The monoisotopic (exact) mass is 284 g/mol. The van der Waals surface area contributed by atoms with Gasteiger partial charge in [0.1, 0.15) is 0 Å². The third-order valence-corrected chi connectivity index (χ3v) is 4.03. The van der Waals surface area contributed by atoms with Crippen molar-refractivity contribution in [3.05, 3.63) is 40.6 Å². The molecule has 0 spiro atoms. The van der Waals surface area contributed by atoms with Crippen LogP contribution in [0.15, 0.2) is 30.9 Å². The molecule has 1 heterocycles. The topological polar surface area (TPSA) is 20.7 Å². The van der Waals surface area contributed by atoms with Gasteiger partial charge in [-0.1, -0.05) is 23.7 Å². The van der Waals surface area contributed by atoms with Gasteiger partial charge in [-0.25, -0.2) is 0 Å². The maximum Gasteiger partial charge on any atom is 0.178 e. The van der Waals surface area contributed by atoms with Crippen LogP contribution in [0.25, 0.3) is 11.0 Å². The molecule has 0 atom stereocenters. The SMILES string of the molecule is C=CCSCCn1c(=S)[nH]c2c(Cl)cccc21. The highest BCUT2D eigenvalue weighted by molar-refractivity contribution is 7.99. The lowest BCUT2D eigenvalue weighted by molar-refractivity contribution is 0.784. The van der Waals surface area contributed by atoms with Crippen molar-refractivity contribution in [2.75, 3.05) is 11.5 Å². The Morgan fingerprint density at radius 2 is 2.35 bits per heavy atom. The number of nitrogens with zero attached hydrogens (tertiary/aromatic N) is 1. The van der Waals surface area contributed by atoms with E-state index >= 15 is 0 Å². The number of halogens is 1. The number of benzene rings is 1. The van der Waals surface area contributed by atoms with E-state index in [2.05, 4.69) is 16.1 Å². The average molecular weight is 285 g/mol. The summed E-state index contributed by atoms with van der Waals surface area (Å²) in [6.45, 7) is 4.59. The number of hydrogen-bond acceptors (Lipinski definition) is 2. The van der Waals surface area contributed by atoms with Gasteiger partial charge < -0.3 is 9.55 Å². The Balaban J connectivity index is 2.27. The van der Waals surface area contributed by atoms with Crippen molar-refractivity contribution in [2.45, 2.75) is 6.54 Å². The highest BCUT2D eigenvalue weighted by Gasteiger charge is 2.06. The van der Waals surface area contributed by atoms with E-state index in [1.54, 1.807) is 0 Å². The summed E-state index contributed by atoms with van der Waals surface area (Å²) in [4.78, 5) is 3.15. The van der Waals surface area contributed by atoms with Crippen molar-refractivity contribution in [3.63, 3.8) is 0 Å². The molecule has 1 N–H and O–H groups in total. The van der Waals surface area contributed by atoms with E-state index in [-0.39, 0.29) is 0 Å². The molecule has 0 aliphatic rings. The second kappa shape index (κ2) is 5.76. The van der Waals surface area contributed by atoms with Gasteiger partial charge in [0, 0.05) is 18.1 Å². The van der Waals surface area contributed by atoms with Crippen LogP contribution in [0.3, 0.4) is 0 Å². The summed E-state index contributed by atoms with van der Waals surface area (Å²) >= 11 is 13.3. The molecule has 2 rings (SSSR count). The molecular formula is C12H13ClN2S2. The number of thioether (sulfide) groups is 1. The summed E-state index contributed by atoms with van der Waals surface area (Å²) < 4.78 is 2.82. The first-order valence-electron chi connectivity index (χ1n) is 5.29. The maximum atomic E-state index is 6.12. The first-order valence-corrected chi connectivity index (χ1v) is 7.24. The van der Waals surface area contributed by atoms with E-state index in [1.807, 2.05) is 36.0 Å². The fourth-order valence-electron chi connectivity index (χ4n) is 1.69. The summed E-state index contributed by atoms with van der Waals surface area (Å²) in [6, 6.07) is 5.85. The molecule has 0 bridgehead atoms. The third kappa shape index (κ3) is 2.76. The van der Waals surface area contributed by atoms with Crippen LogP contribution in [0.5, 0.6) is 0 Å². The van der Waals surface area contributed by atoms with E-state index < -0.39 is 0 Å². The van der Waals surface area contributed by atoms with Crippen LogP contribution < -0.4 is 0 Å². The van der Waals surface area contributed by atoms with Gasteiger partial charge in [0.05, 0.1) is 16.1 Å². The predicted molar refractivity (Wildman–Crippen MR) is 79.7 cm³/mol. The smallest absolute Gasteiger partial charge is 0.178 e. The molecule has 0 amide bonds. The fourth-order valence-corrected chi connectivity index (χ4v) is 2.84. The van der Waals surface area contributed by atoms with Crippen molar-refractivity contribution in [1.82, 2.24) is 9.55 Å². The lowest BCUT2D eigenvalue weighted by atomic mass is 10.3. The number of nitrogens with one attached hydrogen (secondary N) is 1. The molecule has 0 aliphatic carbocycles. The number of aromatic nitrogens is 2. The van der Waals surface area contributed by atoms with Gasteiger partial charge in [-0.15, -0.1) is 6.58 Å². The molecule has 17 heavy (non-hydrogen) atoms. The zero-order valence-corrected chi connectivity index (χ0v) is 11.7. The minimum Gasteiger partial charge on any atom is -0.329 e. The van der Waals surface area contributed by atoms with Crippen LogP contribution >= 0.6 is 35.6 Å². The minimum absolute atomic E-state index is 0.714.